The van der Waals surface area contributed by atoms with E-state index in [1.165, 1.54) is 0 Å². The second-order valence-corrected chi connectivity index (χ2v) is 4.56. The third kappa shape index (κ3) is 3.20. The molecular formula is C15H15ClN2O3. The summed E-state index contributed by atoms with van der Waals surface area (Å²) in [5.41, 5.74) is 5.95. The predicted octanol–water partition coefficient (Wildman–Crippen LogP) is 3.43. The average molecular weight is 307 g/mol. The Morgan fingerprint density at radius 3 is 2.14 bits per heavy atom. The van der Waals surface area contributed by atoms with Gasteiger partial charge in [-0.15, -0.1) is 0 Å². The van der Waals surface area contributed by atoms with Gasteiger partial charge in [-0.1, -0.05) is 17.7 Å². The largest absolute Gasteiger partial charge is 0.493 e. The van der Waals surface area contributed by atoms with Gasteiger partial charge in [0, 0.05) is 5.56 Å². The van der Waals surface area contributed by atoms with Gasteiger partial charge in [-0.05, 0) is 30.3 Å². The van der Waals surface area contributed by atoms with Crippen LogP contribution in [0.15, 0.2) is 36.4 Å². The number of ether oxygens (including phenoxy) is 3. The third-order valence-electron chi connectivity index (χ3n) is 2.84. The fraction of sp³-hybridized carbons (Fsp3) is 0.133. The summed E-state index contributed by atoms with van der Waals surface area (Å²) in [6.45, 7) is 0. The van der Waals surface area contributed by atoms with Crippen molar-refractivity contribution in [2.45, 2.75) is 0 Å². The fourth-order valence-corrected chi connectivity index (χ4v) is 2.00. The van der Waals surface area contributed by atoms with Gasteiger partial charge < -0.3 is 19.9 Å². The zero-order valence-electron chi connectivity index (χ0n) is 11.6. The van der Waals surface area contributed by atoms with Gasteiger partial charge in [0.1, 0.15) is 11.6 Å². The van der Waals surface area contributed by atoms with Crippen LogP contribution in [0.3, 0.4) is 0 Å². The molecule has 0 aromatic heterocycles. The number of para-hydroxylation sites is 1. The molecule has 3 N–H and O–H groups in total. The van der Waals surface area contributed by atoms with Gasteiger partial charge in [-0.3, -0.25) is 5.41 Å². The molecule has 0 saturated carbocycles. The van der Waals surface area contributed by atoms with Crippen LogP contribution in [-0.4, -0.2) is 20.1 Å². The molecule has 0 bridgehead atoms. The summed E-state index contributed by atoms with van der Waals surface area (Å²) in [5.74, 6) is 1.85. The van der Waals surface area contributed by atoms with Crippen molar-refractivity contribution in [1.82, 2.24) is 0 Å². The van der Waals surface area contributed by atoms with Crippen molar-refractivity contribution < 1.29 is 14.2 Å². The molecule has 0 radical (unpaired) electrons. The minimum Gasteiger partial charge on any atom is -0.493 e. The molecular weight excluding hydrogens is 292 g/mol. The van der Waals surface area contributed by atoms with Gasteiger partial charge >= 0.3 is 0 Å². The Hall–Kier alpha value is -2.40. The maximum atomic E-state index is 7.39. The van der Waals surface area contributed by atoms with E-state index in [1.54, 1.807) is 50.6 Å². The van der Waals surface area contributed by atoms with E-state index < -0.39 is 0 Å². The number of nitrogens with one attached hydrogen (secondary N) is 1. The second kappa shape index (κ2) is 6.37. The van der Waals surface area contributed by atoms with Gasteiger partial charge in [0.2, 0.25) is 5.75 Å². The van der Waals surface area contributed by atoms with Crippen LogP contribution >= 0.6 is 11.6 Å². The lowest BCUT2D eigenvalue weighted by Gasteiger charge is -2.15. The van der Waals surface area contributed by atoms with Crippen LogP contribution in [0.1, 0.15) is 5.56 Å². The molecule has 2 aromatic rings. The topological polar surface area (TPSA) is 77.6 Å². The van der Waals surface area contributed by atoms with E-state index in [4.69, 9.17) is 37.0 Å². The Morgan fingerprint density at radius 2 is 1.67 bits per heavy atom. The highest BCUT2D eigenvalue weighted by Gasteiger charge is 2.14. The van der Waals surface area contributed by atoms with E-state index in [0.29, 0.717) is 33.6 Å². The van der Waals surface area contributed by atoms with Gasteiger partial charge in [0.15, 0.2) is 11.5 Å². The zero-order valence-corrected chi connectivity index (χ0v) is 12.4. The number of amidine groups is 1. The SMILES string of the molecule is COc1cccc(OC)c1Oc1ccc(C(=N)N)cc1Cl. The van der Waals surface area contributed by atoms with E-state index in [2.05, 4.69) is 0 Å². The van der Waals surface area contributed by atoms with Crippen LogP contribution in [-0.2, 0) is 0 Å². The summed E-state index contributed by atoms with van der Waals surface area (Å²) in [6.07, 6.45) is 0. The van der Waals surface area contributed by atoms with Gasteiger partial charge in [0.25, 0.3) is 0 Å². The normalized spacial score (nSPS) is 10.0. The molecule has 0 fully saturated rings. The lowest BCUT2D eigenvalue weighted by atomic mass is 10.2. The maximum absolute atomic E-state index is 7.39. The molecule has 0 aliphatic heterocycles. The highest BCUT2D eigenvalue weighted by Crippen LogP contribution is 2.41. The van der Waals surface area contributed by atoms with E-state index in [1.807, 2.05) is 0 Å². The van der Waals surface area contributed by atoms with E-state index in [9.17, 15) is 0 Å². The molecule has 0 amide bonds. The van der Waals surface area contributed by atoms with Gasteiger partial charge in [-0.2, -0.15) is 0 Å². The Kier molecular flexibility index (Phi) is 4.55. The molecule has 21 heavy (non-hydrogen) atoms. The number of nitrogens with two attached hydrogens (primary N) is 1. The first-order valence-corrected chi connectivity index (χ1v) is 6.47. The van der Waals surface area contributed by atoms with Crippen LogP contribution in [0, 0.1) is 5.41 Å². The monoisotopic (exact) mass is 306 g/mol. The van der Waals surface area contributed by atoms with Gasteiger partial charge in [0.05, 0.1) is 19.2 Å². The van der Waals surface area contributed by atoms with Crippen LogP contribution in [0.5, 0.6) is 23.0 Å². The van der Waals surface area contributed by atoms with E-state index >= 15 is 0 Å². The molecule has 110 valence electrons. The molecule has 0 spiro atoms. The molecule has 0 aliphatic rings. The lowest BCUT2D eigenvalue weighted by Crippen LogP contribution is -2.10. The van der Waals surface area contributed by atoms with Gasteiger partial charge in [-0.25, -0.2) is 0 Å². The number of halogens is 1. The third-order valence-corrected chi connectivity index (χ3v) is 3.13. The smallest absolute Gasteiger partial charge is 0.211 e. The highest BCUT2D eigenvalue weighted by molar-refractivity contribution is 6.32. The Balaban J connectivity index is 2.40. The number of methoxy groups -OCH3 is 2. The Bertz CT molecular complexity index is 652. The molecule has 0 saturated heterocycles. The van der Waals surface area contributed by atoms with Crippen molar-refractivity contribution in [3.05, 3.63) is 47.0 Å². The van der Waals surface area contributed by atoms with Crippen molar-refractivity contribution in [1.29, 1.82) is 5.41 Å². The van der Waals surface area contributed by atoms with Crippen molar-refractivity contribution >= 4 is 17.4 Å². The van der Waals surface area contributed by atoms with Crippen LogP contribution in [0.2, 0.25) is 5.02 Å². The quantitative estimate of drug-likeness (QED) is 0.655. The molecule has 0 heterocycles. The minimum absolute atomic E-state index is 0.0571. The van der Waals surface area contributed by atoms with Crippen molar-refractivity contribution in [3.8, 4) is 23.0 Å². The molecule has 6 heteroatoms. The van der Waals surface area contributed by atoms with Crippen LogP contribution in [0.4, 0.5) is 0 Å². The summed E-state index contributed by atoms with van der Waals surface area (Å²) in [4.78, 5) is 0. The number of nitrogen functional groups attached to an aromatic ring is 1. The first-order valence-electron chi connectivity index (χ1n) is 6.09. The first kappa shape index (κ1) is 15.0. The number of hydrogen-bond acceptors (Lipinski definition) is 4. The van der Waals surface area contributed by atoms with Crippen LogP contribution in [0.25, 0.3) is 0 Å². The Morgan fingerprint density at radius 1 is 1.05 bits per heavy atom. The number of hydrogen-bond donors (Lipinski definition) is 2. The second-order valence-electron chi connectivity index (χ2n) is 4.15. The summed E-state index contributed by atoms with van der Waals surface area (Å²) in [7, 11) is 3.09. The highest BCUT2D eigenvalue weighted by atomic mass is 35.5. The van der Waals surface area contributed by atoms with Crippen LogP contribution < -0.4 is 19.9 Å². The summed E-state index contributed by atoms with van der Waals surface area (Å²) in [6, 6.07) is 10.2. The average Bonchev–Trinajstić information content (AvgIpc) is 2.49. The fourth-order valence-electron chi connectivity index (χ4n) is 1.78. The van der Waals surface area contributed by atoms with Crippen molar-refractivity contribution in [3.63, 3.8) is 0 Å². The zero-order chi connectivity index (χ0) is 15.4. The summed E-state index contributed by atoms with van der Waals surface area (Å²) >= 11 is 6.16. The van der Waals surface area contributed by atoms with E-state index in [-0.39, 0.29) is 5.84 Å². The number of rotatable bonds is 5. The molecule has 2 aromatic carbocycles. The van der Waals surface area contributed by atoms with E-state index in [0.717, 1.165) is 0 Å². The molecule has 5 nitrogen and oxygen atoms in total. The maximum Gasteiger partial charge on any atom is 0.211 e. The standard InChI is InChI=1S/C15H15ClN2O3/c1-19-12-4-3-5-13(20-2)14(12)21-11-7-6-9(15(17)18)8-10(11)16/h3-8H,1-2H3,(H3,17,18). The van der Waals surface area contributed by atoms with Crippen molar-refractivity contribution in [2.24, 2.45) is 5.73 Å². The Labute approximate surface area is 127 Å². The number of benzene rings is 2. The predicted molar refractivity (Wildman–Crippen MR) is 82.1 cm³/mol. The van der Waals surface area contributed by atoms with Crippen molar-refractivity contribution in [2.75, 3.05) is 14.2 Å². The molecule has 0 unspecified atom stereocenters. The minimum atomic E-state index is -0.0571. The summed E-state index contributed by atoms with van der Waals surface area (Å²) in [5, 5.41) is 7.73. The molecule has 0 aliphatic carbocycles. The molecule has 0 atom stereocenters. The lowest BCUT2D eigenvalue weighted by molar-refractivity contribution is 0.346. The molecule has 2 rings (SSSR count). The first-order chi connectivity index (χ1) is 10.1. The summed E-state index contributed by atoms with van der Waals surface area (Å²) < 4.78 is 16.3.